The molecular weight excluding hydrogens is 224 g/mol. The minimum Gasteiger partial charge on any atom is -0.316 e. The van der Waals surface area contributed by atoms with Crippen LogP contribution in [-0.2, 0) is 6.54 Å². The van der Waals surface area contributed by atoms with Gasteiger partial charge in [-0.3, -0.25) is 9.58 Å². The number of likely N-dealkylation sites (N-methyl/N-ethyl adjacent to an activating group) is 2. The average Bonchev–Trinajstić information content (AvgIpc) is 2.98. The number of rotatable bonds is 7. The minimum absolute atomic E-state index is 0.658. The summed E-state index contributed by atoms with van der Waals surface area (Å²) in [6.45, 7) is 6.26. The largest absolute Gasteiger partial charge is 0.316 e. The van der Waals surface area contributed by atoms with E-state index in [2.05, 4.69) is 41.1 Å². The van der Waals surface area contributed by atoms with E-state index in [-0.39, 0.29) is 0 Å². The Morgan fingerprint density at radius 1 is 1.44 bits per heavy atom. The molecule has 0 atom stereocenters. The van der Waals surface area contributed by atoms with Crippen LogP contribution in [0.15, 0.2) is 12.3 Å². The molecule has 1 aromatic rings. The summed E-state index contributed by atoms with van der Waals surface area (Å²) >= 11 is 0. The van der Waals surface area contributed by atoms with Crippen molar-refractivity contribution in [2.45, 2.75) is 45.2 Å². The maximum atomic E-state index is 4.72. The Morgan fingerprint density at radius 2 is 2.22 bits per heavy atom. The van der Waals surface area contributed by atoms with Crippen molar-refractivity contribution in [3.05, 3.63) is 18.0 Å². The van der Waals surface area contributed by atoms with Crippen molar-refractivity contribution < 1.29 is 0 Å². The molecule has 0 spiro atoms. The molecule has 2 rings (SSSR count). The van der Waals surface area contributed by atoms with Crippen LogP contribution in [0.5, 0.6) is 0 Å². The van der Waals surface area contributed by atoms with Crippen molar-refractivity contribution in [2.75, 3.05) is 26.7 Å². The molecule has 0 radical (unpaired) electrons. The van der Waals surface area contributed by atoms with Crippen LogP contribution in [0.2, 0.25) is 0 Å². The zero-order chi connectivity index (χ0) is 12.8. The van der Waals surface area contributed by atoms with E-state index in [1.807, 2.05) is 0 Å². The predicted molar refractivity (Wildman–Crippen MR) is 74.6 cm³/mol. The summed E-state index contributed by atoms with van der Waals surface area (Å²) in [6, 6.07) is 2.83. The molecule has 0 bridgehead atoms. The molecule has 1 aromatic heterocycles. The summed E-state index contributed by atoms with van der Waals surface area (Å²) in [7, 11) is 2.16. The third-order valence-electron chi connectivity index (χ3n) is 3.71. The standard InChI is InChI=1S/C14H26N4/c1-3-15-9-11-17(2)12-13-8-10-18(16-13)14-6-4-5-7-14/h8,10,14-15H,3-7,9,11-12H2,1-2H3. The van der Waals surface area contributed by atoms with Crippen LogP contribution in [0.4, 0.5) is 0 Å². The van der Waals surface area contributed by atoms with E-state index in [9.17, 15) is 0 Å². The molecule has 0 aliphatic heterocycles. The molecule has 1 aliphatic carbocycles. The zero-order valence-electron chi connectivity index (χ0n) is 11.7. The lowest BCUT2D eigenvalue weighted by Crippen LogP contribution is -2.28. The highest BCUT2D eigenvalue weighted by atomic mass is 15.3. The Morgan fingerprint density at radius 3 is 2.94 bits per heavy atom. The maximum Gasteiger partial charge on any atom is 0.0764 e. The number of hydrogen-bond donors (Lipinski definition) is 1. The fourth-order valence-electron chi connectivity index (χ4n) is 2.64. The molecule has 1 aliphatic rings. The van der Waals surface area contributed by atoms with E-state index in [1.165, 1.54) is 31.4 Å². The van der Waals surface area contributed by atoms with Crippen LogP contribution >= 0.6 is 0 Å². The van der Waals surface area contributed by atoms with E-state index < -0.39 is 0 Å². The van der Waals surface area contributed by atoms with Crippen LogP contribution in [0.3, 0.4) is 0 Å². The quantitative estimate of drug-likeness (QED) is 0.752. The Kier molecular flexibility index (Phi) is 5.20. The Bertz CT molecular complexity index is 341. The molecule has 0 unspecified atom stereocenters. The van der Waals surface area contributed by atoms with Gasteiger partial charge in [0.05, 0.1) is 11.7 Å². The summed E-state index contributed by atoms with van der Waals surface area (Å²) in [5, 5.41) is 8.06. The lowest BCUT2D eigenvalue weighted by Gasteiger charge is -2.15. The number of aromatic nitrogens is 2. The summed E-state index contributed by atoms with van der Waals surface area (Å²) in [6.07, 6.45) is 7.49. The van der Waals surface area contributed by atoms with Gasteiger partial charge in [-0.25, -0.2) is 0 Å². The molecule has 1 heterocycles. The van der Waals surface area contributed by atoms with Gasteiger partial charge in [-0.2, -0.15) is 5.10 Å². The first kappa shape index (κ1) is 13.6. The molecule has 0 amide bonds. The van der Waals surface area contributed by atoms with Crippen LogP contribution in [0, 0.1) is 0 Å². The Balaban J connectivity index is 1.78. The van der Waals surface area contributed by atoms with Gasteiger partial charge in [0.25, 0.3) is 0 Å². The second-order valence-electron chi connectivity index (χ2n) is 5.32. The lowest BCUT2D eigenvalue weighted by molar-refractivity contribution is 0.318. The normalized spacial score (nSPS) is 16.8. The van der Waals surface area contributed by atoms with Crippen LogP contribution < -0.4 is 5.32 Å². The van der Waals surface area contributed by atoms with Gasteiger partial charge < -0.3 is 5.32 Å². The van der Waals surface area contributed by atoms with Crippen molar-refractivity contribution in [1.82, 2.24) is 20.0 Å². The minimum atomic E-state index is 0.658. The van der Waals surface area contributed by atoms with E-state index >= 15 is 0 Å². The van der Waals surface area contributed by atoms with Gasteiger partial charge in [-0.15, -0.1) is 0 Å². The second kappa shape index (κ2) is 6.90. The van der Waals surface area contributed by atoms with Crippen molar-refractivity contribution in [3.8, 4) is 0 Å². The van der Waals surface area contributed by atoms with Crippen LogP contribution in [0.25, 0.3) is 0 Å². The lowest BCUT2D eigenvalue weighted by atomic mass is 10.3. The maximum absolute atomic E-state index is 4.72. The van der Waals surface area contributed by atoms with Crippen LogP contribution in [0.1, 0.15) is 44.3 Å². The van der Waals surface area contributed by atoms with E-state index in [4.69, 9.17) is 5.10 Å². The smallest absolute Gasteiger partial charge is 0.0764 e. The van der Waals surface area contributed by atoms with Gasteiger partial charge >= 0.3 is 0 Å². The van der Waals surface area contributed by atoms with Gasteiger partial charge in [-0.1, -0.05) is 19.8 Å². The highest BCUT2D eigenvalue weighted by Crippen LogP contribution is 2.28. The zero-order valence-corrected chi connectivity index (χ0v) is 11.7. The highest BCUT2D eigenvalue weighted by Gasteiger charge is 2.17. The molecule has 18 heavy (non-hydrogen) atoms. The molecule has 1 fully saturated rings. The first-order valence-electron chi connectivity index (χ1n) is 7.23. The topological polar surface area (TPSA) is 33.1 Å². The predicted octanol–water partition coefficient (Wildman–Crippen LogP) is 2.04. The summed E-state index contributed by atoms with van der Waals surface area (Å²) < 4.78 is 2.18. The van der Waals surface area contributed by atoms with Gasteiger partial charge in [0.15, 0.2) is 0 Å². The van der Waals surface area contributed by atoms with Gasteiger partial charge in [0.2, 0.25) is 0 Å². The molecule has 4 nitrogen and oxygen atoms in total. The first-order valence-corrected chi connectivity index (χ1v) is 7.23. The summed E-state index contributed by atoms with van der Waals surface area (Å²) in [4.78, 5) is 2.32. The van der Waals surface area contributed by atoms with Crippen molar-refractivity contribution >= 4 is 0 Å². The summed E-state index contributed by atoms with van der Waals surface area (Å²) in [5.74, 6) is 0. The highest BCUT2D eigenvalue weighted by molar-refractivity contribution is 5.00. The molecule has 0 aromatic carbocycles. The number of nitrogens with one attached hydrogen (secondary N) is 1. The molecule has 1 saturated carbocycles. The third-order valence-corrected chi connectivity index (χ3v) is 3.71. The molecule has 4 heteroatoms. The van der Waals surface area contributed by atoms with Crippen molar-refractivity contribution in [3.63, 3.8) is 0 Å². The van der Waals surface area contributed by atoms with Crippen molar-refractivity contribution in [1.29, 1.82) is 0 Å². The number of hydrogen-bond acceptors (Lipinski definition) is 3. The van der Waals surface area contributed by atoms with E-state index in [0.717, 1.165) is 26.2 Å². The molecular formula is C14H26N4. The molecule has 1 N–H and O–H groups in total. The average molecular weight is 250 g/mol. The van der Waals surface area contributed by atoms with E-state index in [0.29, 0.717) is 6.04 Å². The first-order chi connectivity index (χ1) is 8.79. The molecule has 0 saturated heterocycles. The van der Waals surface area contributed by atoms with E-state index in [1.54, 1.807) is 0 Å². The van der Waals surface area contributed by atoms with Gasteiger partial charge in [0, 0.05) is 25.8 Å². The molecule has 102 valence electrons. The fourth-order valence-corrected chi connectivity index (χ4v) is 2.64. The Labute approximate surface area is 110 Å². The van der Waals surface area contributed by atoms with Crippen molar-refractivity contribution in [2.24, 2.45) is 0 Å². The van der Waals surface area contributed by atoms with Gasteiger partial charge in [-0.05, 0) is 32.5 Å². The SMILES string of the molecule is CCNCCN(C)Cc1ccn(C2CCCC2)n1. The number of nitrogens with zero attached hydrogens (tertiary/aromatic N) is 3. The summed E-state index contributed by atoms with van der Waals surface area (Å²) in [5.41, 5.74) is 1.20. The van der Waals surface area contributed by atoms with Gasteiger partial charge in [0.1, 0.15) is 0 Å². The third kappa shape index (κ3) is 3.82. The monoisotopic (exact) mass is 250 g/mol. The Hall–Kier alpha value is -0.870. The second-order valence-corrected chi connectivity index (χ2v) is 5.32. The fraction of sp³-hybridized carbons (Fsp3) is 0.786. The van der Waals surface area contributed by atoms with Crippen LogP contribution in [-0.4, -0.2) is 41.4 Å².